The van der Waals surface area contributed by atoms with Gasteiger partial charge in [-0.1, -0.05) is 0 Å². The Morgan fingerprint density at radius 2 is 2.04 bits per heavy atom. The van der Waals surface area contributed by atoms with Gasteiger partial charge >= 0.3 is 5.97 Å². The van der Waals surface area contributed by atoms with Crippen LogP contribution in [0.2, 0.25) is 0 Å². The zero-order valence-electron chi connectivity index (χ0n) is 13.1. The molecule has 0 radical (unpaired) electrons. The van der Waals surface area contributed by atoms with Crippen molar-refractivity contribution in [2.45, 2.75) is 25.8 Å². The van der Waals surface area contributed by atoms with E-state index in [9.17, 15) is 19.5 Å². The van der Waals surface area contributed by atoms with Crippen LogP contribution in [0.4, 0.5) is 0 Å². The van der Waals surface area contributed by atoms with Crippen molar-refractivity contribution in [1.29, 1.82) is 0 Å². The number of hydrogen-bond acceptors (Lipinski definition) is 4. The number of carboxylic acids is 1. The number of carbonyl (C=O) groups is 3. The highest BCUT2D eigenvalue weighted by Gasteiger charge is 2.22. The van der Waals surface area contributed by atoms with Crippen molar-refractivity contribution >= 4 is 28.7 Å². The lowest BCUT2D eigenvalue weighted by molar-refractivity contribution is -0.140. The lowest BCUT2D eigenvalue weighted by Crippen LogP contribution is -2.47. The van der Waals surface area contributed by atoms with E-state index >= 15 is 0 Å². The predicted molar refractivity (Wildman–Crippen MR) is 86.5 cm³/mol. The second-order valence-electron chi connectivity index (χ2n) is 5.44. The molecule has 8 nitrogen and oxygen atoms in total. The molecule has 0 bridgehead atoms. The first-order valence-electron chi connectivity index (χ1n) is 7.42. The molecule has 24 heavy (non-hydrogen) atoms. The third-order valence-electron chi connectivity index (χ3n) is 3.52. The normalized spacial score (nSPS) is 11.9. The number of aromatic amines is 1. The summed E-state index contributed by atoms with van der Waals surface area (Å²) in [6.07, 6.45) is 1.81. The third kappa shape index (κ3) is 4.48. The number of carboxylic acid groups (broad SMARTS) is 1. The zero-order chi connectivity index (χ0) is 17.7. The molecule has 0 unspecified atom stereocenters. The number of aliphatic carboxylic acids is 1. The quantitative estimate of drug-likeness (QED) is 0.504. The third-order valence-corrected chi connectivity index (χ3v) is 3.52. The molecule has 1 aromatic heterocycles. The van der Waals surface area contributed by atoms with Gasteiger partial charge in [0.1, 0.15) is 11.8 Å². The van der Waals surface area contributed by atoms with Crippen molar-refractivity contribution < 1.29 is 24.6 Å². The zero-order valence-corrected chi connectivity index (χ0v) is 13.1. The first-order valence-corrected chi connectivity index (χ1v) is 7.42. The van der Waals surface area contributed by atoms with Crippen LogP contribution in [-0.4, -0.2) is 45.6 Å². The highest BCUT2D eigenvalue weighted by molar-refractivity contribution is 5.90. The van der Waals surface area contributed by atoms with Crippen LogP contribution in [0, 0.1) is 0 Å². The van der Waals surface area contributed by atoms with E-state index in [-0.39, 0.29) is 12.3 Å². The number of fused-ring (bicyclic) bond motifs is 1. The number of phenols is 1. The molecule has 0 saturated carbocycles. The average Bonchev–Trinajstić information content (AvgIpc) is 2.88. The van der Waals surface area contributed by atoms with Crippen molar-refractivity contribution in [3.05, 3.63) is 30.0 Å². The summed E-state index contributed by atoms with van der Waals surface area (Å²) >= 11 is 0. The van der Waals surface area contributed by atoms with Gasteiger partial charge in [-0.2, -0.15) is 0 Å². The lowest BCUT2D eigenvalue weighted by atomic mass is 10.1. The standard InChI is InChI=1S/C16H19N3O5/c1-9(20)19-14(7-15(22)23)16(24)17-5-4-10-8-18-13-3-2-11(21)6-12(10)13/h2-3,6,8,14,18,21H,4-5,7H2,1H3,(H,17,24)(H,19,20)(H,22,23)/t14-/m0/s1. The average molecular weight is 333 g/mol. The van der Waals surface area contributed by atoms with Crippen molar-refractivity contribution in [3.63, 3.8) is 0 Å². The summed E-state index contributed by atoms with van der Waals surface area (Å²) in [5, 5.41) is 24.1. The van der Waals surface area contributed by atoms with Gasteiger partial charge in [-0.25, -0.2) is 0 Å². The summed E-state index contributed by atoms with van der Waals surface area (Å²) in [6, 6.07) is 3.86. The number of H-pyrrole nitrogens is 1. The number of aromatic nitrogens is 1. The fraction of sp³-hybridized carbons (Fsp3) is 0.312. The molecule has 1 atom stereocenters. The molecule has 0 aliphatic rings. The van der Waals surface area contributed by atoms with Gasteiger partial charge in [0.05, 0.1) is 6.42 Å². The number of amides is 2. The van der Waals surface area contributed by atoms with Gasteiger partial charge in [0.15, 0.2) is 0 Å². The van der Waals surface area contributed by atoms with E-state index in [4.69, 9.17) is 5.11 Å². The summed E-state index contributed by atoms with van der Waals surface area (Å²) < 4.78 is 0. The maximum atomic E-state index is 12.0. The van der Waals surface area contributed by atoms with Crippen LogP contribution in [0.5, 0.6) is 5.75 Å². The van der Waals surface area contributed by atoms with E-state index in [2.05, 4.69) is 15.6 Å². The number of phenolic OH excluding ortho intramolecular Hbond substituents is 1. The SMILES string of the molecule is CC(=O)N[C@@H](CC(=O)O)C(=O)NCCc1c[nH]c2ccc(O)cc12. The molecule has 2 rings (SSSR count). The number of carbonyl (C=O) groups excluding carboxylic acids is 2. The second kappa shape index (κ2) is 7.49. The fourth-order valence-corrected chi connectivity index (χ4v) is 2.45. The molecule has 5 N–H and O–H groups in total. The summed E-state index contributed by atoms with van der Waals surface area (Å²) in [5.41, 5.74) is 1.78. The summed E-state index contributed by atoms with van der Waals surface area (Å²) in [7, 11) is 0. The van der Waals surface area contributed by atoms with E-state index in [1.54, 1.807) is 24.4 Å². The topological polar surface area (TPSA) is 132 Å². The number of rotatable bonds is 7. The number of benzene rings is 1. The molecule has 0 aliphatic heterocycles. The predicted octanol–water partition coefficient (Wildman–Crippen LogP) is 0.512. The van der Waals surface area contributed by atoms with E-state index in [1.165, 1.54) is 6.92 Å². The summed E-state index contributed by atoms with van der Waals surface area (Å²) in [5.74, 6) is -2.03. The highest BCUT2D eigenvalue weighted by Crippen LogP contribution is 2.22. The monoisotopic (exact) mass is 333 g/mol. The molecular formula is C16H19N3O5. The Hall–Kier alpha value is -3.03. The van der Waals surface area contributed by atoms with Crippen LogP contribution >= 0.6 is 0 Å². The molecule has 8 heteroatoms. The Labute approximate surface area is 137 Å². The Morgan fingerprint density at radius 1 is 1.29 bits per heavy atom. The van der Waals surface area contributed by atoms with Crippen molar-refractivity contribution in [3.8, 4) is 5.75 Å². The molecule has 2 amide bonds. The van der Waals surface area contributed by atoms with Gasteiger partial charge in [-0.15, -0.1) is 0 Å². The Bertz CT molecular complexity index is 752. The highest BCUT2D eigenvalue weighted by atomic mass is 16.4. The Kier molecular flexibility index (Phi) is 5.41. The summed E-state index contributed by atoms with van der Waals surface area (Å²) in [6.45, 7) is 1.50. The van der Waals surface area contributed by atoms with Crippen LogP contribution < -0.4 is 10.6 Å². The summed E-state index contributed by atoms with van der Waals surface area (Å²) in [4.78, 5) is 36.9. The van der Waals surface area contributed by atoms with Gasteiger partial charge in [0.2, 0.25) is 11.8 Å². The van der Waals surface area contributed by atoms with Crippen molar-refractivity contribution in [1.82, 2.24) is 15.6 Å². The number of aromatic hydroxyl groups is 1. The molecule has 0 aliphatic carbocycles. The molecular weight excluding hydrogens is 314 g/mol. The van der Waals surface area contributed by atoms with Gasteiger partial charge in [-0.3, -0.25) is 14.4 Å². The van der Waals surface area contributed by atoms with Gasteiger partial charge in [-0.05, 0) is 30.2 Å². The maximum absolute atomic E-state index is 12.0. The number of nitrogens with one attached hydrogen (secondary N) is 3. The molecule has 1 heterocycles. The Morgan fingerprint density at radius 3 is 2.71 bits per heavy atom. The smallest absolute Gasteiger partial charge is 0.305 e. The fourth-order valence-electron chi connectivity index (χ4n) is 2.45. The van der Waals surface area contributed by atoms with Gasteiger partial charge in [0, 0.05) is 30.6 Å². The minimum Gasteiger partial charge on any atom is -0.508 e. The molecule has 1 aromatic carbocycles. The van der Waals surface area contributed by atoms with Gasteiger partial charge < -0.3 is 25.8 Å². The van der Waals surface area contributed by atoms with Crippen LogP contribution in [0.3, 0.4) is 0 Å². The first kappa shape index (κ1) is 17.3. The van der Waals surface area contributed by atoms with Crippen molar-refractivity contribution in [2.24, 2.45) is 0 Å². The molecule has 0 fully saturated rings. The van der Waals surface area contributed by atoms with Gasteiger partial charge in [0.25, 0.3) is 0 Å². The number of hydrogen-bond donors (Lipinski definition) is 5. The van der Waals surface area contributed by atoms with Crippen LogP contribution in [0.1, 0.15) is 18.9 Å². The molecule has 128 valence electrons. The molecule has 2 aromatic rings. The van der Waals surface area contributed by atoms with Crippen LogP contribution in [0.15, 0.2) is 24.4 Å². The van der Waals surface area contributed by atoms with Crippen LogP contribution in [0.25, 0.3) is 10.9 Å². The Balaban J connectivity index is 1.95. The minimum absolute atomic E-state index is 0.152. The molecule has 0 spiro atoms. The first-order chi connectivity index (χ1) is 11.4. The lowest BCUT2D eigenvalue weighted by Gasteiger charge is -2.15. The van der Waals surface area contributed by atoms with Crippen molar-refractivity contribution in [2.75, 3.05) is 6.54 Å². The maximum Gasteiger partial charge on any atom is 0.305 e. The van der Waals surface area contributed by atoms with E-state index in [0.29, 0.717) is 6.42 Å². The van der Waals surface area contributed by atoms with E-state index in [0.717, 1.165) is 16.5 Å². The minimum atomic E-state index is -1.17. The largest absolute Gasteiger partial charge is 0.508 e. The second-order valence-corrected chi connectivity index (χ2v) is 5.44. The van der Waals surface area contributed by atoms with E-state index in [1.807, 2.05) is 0 Å². The molecule has 0 saturated heterocycles. The van der Waals surface area contributed by atoms with E-state index < -0.39 is 30.2 Å². The van der Waals surface area contributed by atoms with Crippen LogP contribution in [-0.2, 0) is 20.8 Å².